The number of rotatable bonds is 5. The standard InChI is InChI=1S/C19H26N2O4S/c1-11-8-16(10-18(13(11)3)26(23,24)21(6)7)19(22)20-14(4)17-9-12(2)25-15(17)5/h8-10,14H,1-7H3,(H,20,22). The molecule has 1 heterocycles. The van der Waals surface area contributed by atoms with E-state index in [0.29, 0.717) is 11.1 Å². The molecule has 0 aliphatic rings. The number of hydrogen-bond donors (Lipinski definition) is 1. The van der Waals surface area contributed by atoms with Crippen LogP contribution in [0, 0.1) is 27.7 Å². The van der Waals surface area contributed by atoms with Crippen molar-refractivity contribution in [3.05, 3.63) is 52.0 Å². The van der Waals surface area contributed by atoms with Gasteiger partial charge in [-0.15, -0.1) is 0 Å². The lowest BCUT2D eigenvalue weighted by atomic mass is 10.0. The number of nitrogens with one attached hydrogen (secondary N) is 1. The predicted molar refractivity (Wildman–Crippen MR) is 101 cm³/mol. The van der Waals surface area contributed by atoms with Crippen LogP contribution in [0.25, 0.3) is 0 Å². The molecule has 1 aromatic carbocycles. The van der Waals surface area contributed by atoms with Crippen LogP contribution in [0.1, 0.15) is 51.5 Å². The van der Waals surface area contributed by atoms with Gasteiger partial charge in [-0.1, -0.05) is 0 Å². The molecule has 0 saturated carbocycles. The van der Waals surface area contributed by atoms with Gasteiger partial charge in [0.15, 0.2) is 0 Å². The number of sulfonamides is 1. The summed E-state index contributed by atoms with van der Waals surface area (Å²) in [5.41, 5.74) is 2.62. The van der Waals surface area contributed by atoms with Gasteiger partial charge in [-0.2, -0.15) is 0 Å². The first-order chi connectivity index (χ1) is 11.9. The van der Waals surface area contributed by atoms with E-state index in [4.69, 9.17) is 4.42 Å². The molecule has 2 aromatic rings. The van der Waals surface area contributed by atoms with E-state index >= 15 is 0 Å². The van der Waals surface area contributed by atoms with E-state index in [1.165, 1.54) is 20.2 Å². The van der Waals surface area contributed by atoms with Crippen LogP contribution in [0.2, 0.25) is 0 Å². The molecule has 1 unspecified atom stereocenters. The molecule has 6 nitrogen and oxygen atoms in total. The van der Waals surface area contributed by atoms with Crippen molar-refractivity contribution in [1.29, 1.82) is 0 Å². The van der Waals surface area contributed by atoms with Gasteiger partial charge in [0.05, 0.1) is 10.9 Å². The van der Waals surface area contributed by atoms with Crippen molar-refractivity contribution in [3.63, 3.8) is 0 Å². The zero-order valence-electron chi connectivity index (χ0n) is 16.3. The number of carbonyl (C=O) groups excluding carboxylic acids is 1. The van der Waals surface area contributed by atoms with Gasteiger partial charge >= 0.3 is 0 Å². The van der Waals surface area contributed by atoms with E-state index in [0.717, 1.165) is 27.0 Å². The topological polar surface area (TPSA) is 79.6 Å². The number of aryl methyl sites for hydroxylation is 3. The number of benzene rings is 1. The van der Waals surface area contributed by atoms with Gasteiger partial charge in [-0.05, 0) is 63.9 Å². The average molecular weight is 378 g/mol. The van der Waals surface area contributed by atoms with Crippen LogP contribution in [-0.2, 0) is 10.0 Å². The van der Waals surface area contributed by atoms with Crippen molar-refractivity contribution in [1.82, 2.24) is 9.62 Å². The summed E-state index contributed by atoms with van der Waals surface area (Å²) in [6, 6.07) is 4.78. The van der Waals surface area contributed by atoms with E-state index in [2.05, 4.69) is 5.32 Å². The molecule has 1 atom stereocenters. The van der Waals surface area contributed by atoms with E-state index in [1.54, 1.807) is 19.9 Å². The maximum atomic E-state index is 12.7. The summed E-state index contributed by atoms with van der Waals surface area (Å²) in [5.74, 6) is 1.21. The molecule has 0 bridgehead atoms. The Labute approximate surface area is 155 Å². The highest BCUT2D eigenvalue weighted by Crippen LogP contribution is 2.25. The molecule has 2 rings (SSSR count). The fraction of sp³-hybridized carbons (Fsp3) is 0.421. The van der Waals surface area contributed by atoms with Crippen molar-refractivity contribution in [2.24, 2.45) is 0 Å². The molecule has 0 fully saturated rings. The molecule has 0 aliphatic heterocycles. The van der Waals surface area contributed by atoms with E-state index in [1.807, 2.05) is 26.8 Å². The number of nitrogens with zero attached hydrogens (tertiary/aromatic N) is 1. The molecule has 1 N–H and O–H groups in total. The Bertz CT molecular complexity index is 943. The third-order valence-corrected chi connectivity index (χ3v) is 6.48. The Kier molecular flexibility index (Phi) is 5.63. The lowest BCUT2D eigenvalue weighted by Gasteiger charge is -2.18. The highest BCUT2D eigenvalue weighted by molar-refractivity contribution is 7.89. The minimum absolute atomic E-state index is 0.149. The lowest BCUT2D eigenvalue weighted by Crippen LogP contribution is -2.28. The molecule has 0 saturated heterocycles. The summed E-state index contributed by atoms with van der Waals surface area (Å²) in [5, 5.41) is 2.91. The maximum absolute atomic E-state index is 12.7. The second kappa shape index (κ2) is 7.25. The normalized spacial score (nSPS) is 13.1. The third-order valence-electron chi connectivity index (χ3n) is 4.53. The van der Waals surface area contributed by atoms with E-state index in [9.17, 15) is 13.2 Å². The Hall–Kier alpha value is -2.12. The summed E-state index contributed by atoms with van der Waals surface area (Å²) >= 11 is 0. The Morgan fingerprint density at radius 2 is 1.73 bits per heavy atom. The van der Waals surface area contributed by atoms with Crippen LogP contribution in [0.5, 0.6) is 0 Å². The van der Waals surface area contributed by atoms with Gasteiger partial charge in [0.1, 0.15) is 11.5 Å². The summed E-state index contributed by atoms with van der Waals surface area (Å²) in [6.45, 7) is 9.12. The smallest absolute Gasteiger partial charge is 0.251 e. The van der Waals surface area contributed by atoms with Gasteiger partial charge in [0.25, 0.3) is 5.91 Å². The molecule has 1 aromatic heterocycles. The summed E-state index contributed by atoms with van der Waals surface area (Å²) in [4.78, 5) is 12.9. The SMILES string of the molecule is Cc1cc(C(C)NC(=O)c2cc(C)c(C)c(S(=O)(=O)N(C)C)c2)c(C)o1. The van der Waals surface area contributed by atoms with Gasteiger partial charge < -0.3 is 9.73 Å². The molecule has 0 aliphatic carbocycles. The van der Waals surface area contributed by atoms with Crippen LogP contribution in [-0.4, -0.2) is 32.7 Å². The number of amides is 1. The fourth-order valence-corrected chi connectivity index (χ4v) is 4.08. The minimum atomic E-state index is -3.63. The lowest BCUT2D eigenvalue weighted by molar-refractivity contribution is 0.0939. The highest BCUT2D eigenvalue weighted by atomic mass is 32.2. The van der Waals surface area contributed by atoms with Crippen LogP contribution in [0.15, 0.2) is 27.5 Å². The Morgan fingerprint density at radius 3 is 2.23 bits per heavy atom. The number of hydrogen-bond acceptors (Lipinski definition) is 4. The van der Waals surface area contributed by atoms with Crippen molar-refractivity contribution >= 4 is 15.9 Å². The van der Waals surface area contributed by atoms with Gasteiger partial charge in [0.2, 0.25) is 10.0 Å². The van der Waals surface area contributed by atoms with E-state index in [-0.39, 0.29) is 16.8 Å². The predicted octanol–water partition coefficient (Wildman–Crippen LogP) is 3.25. The second-order valence-electron chi connectivity index (χ2n) is 6.77. The number of furan rings is 1. The quantitative estimate of drug-likeness (QED) is 0.866. The van der Waals surface area contributed by atoms with Crippen LogP contribution in [0.3, 0.4) is 0 Å². The Morgan fingerprint density at radius 1 is 1.12 bits per heavy atom. The first-order valence-electron chi connectivity index (χ1n) is 8.36. The largest absolute Gasteiger partial charge is 0.466 e. The molecule has 0 radical (unpaired) electrons. The molecular formula is C19H26N2O4S. The molecule has 1 amide bonds. The third kappa shape index (κ3) is 3.83. The maximum Gasteiger partial charge on any atom is 0.251 e. The summed E-state index contributed by atoms with van der Waals surface area (Å²) < 4.78 is 31.8. The average Bonchev–Trinajstić information content (AvgIpc) is 2.87. The second-order valence-corrected chi connectivity index (χ2v) is 8.89. The van der Waals surface area contributed by atoms with Crippen molar-refractivity contribution < 1.29 is 17.6 Å². The minimum Gasteiger partial charge on any atom is -0.466 e. The van der Waals surface area contributed by atoms with Gasteiger partial charge in [-0.25, -0.2) is 12.7 Å². The van der Waals surface area contributed by atoms with Crippen LogP contribution in [0.4, 0.5) is 0 Å². The molecule has 0 spiro atoms. The highest BCUT2D eigenvalue weighted by Gasteiger charge is 2.24. The molecule has 7 heteroatoms. The first kappa shape index (κ1) is 20.2. The first-order valence-corrected chi connectivity index (χ1v) is 9.80. The summed E-state index contributed by atoms with van der Waals surface area (Å²) in [6.07, 6.45) is 0. The number of carbonyl (C=O) groups is 1. The van der Waals surface area contributed by atoms with Crippen molar-refractivity contribution in [2.45, 2.75) is 45.6 Å². The Balaban J connectivity index is 2.38. The molecule has 26 heavy (non-hydrogen) atoms. The van der Waals surface area contributed by atoms with Crippen molar-refractivity contribution in [2.75, 3.05) is 14.1 Å². The van der Waals surface area contributed by atoms with Gasteiger partial charge in [0, 0.05) is 25.2 Å². The van der Waals surface area contributed by atoms with Gasteiger partial charge in [-0.3, -0.25) is 4.79 Å². The molecule has 142 valence electrons. The monoisotopic (exact) mass is 378 g/mol. The van der Waals surface area contributed by atoms with Crippen molar-refractivity contribution in [3.8, 4) is 0 Å². The van der Waals surface area contributed by atoms with E-state index < -0.39 is 10.0 Å². The zero-order chi connectivity index (χ0) is 19.8. The molecular weight excluding hydrogens is 352 g/mol. The summed E-state index contributed by atoms with van der Waals surface area (Å²) in [7, 11) is -0.681. The zero-order valence-corrected chi connectivity index (χ0v) is 17.1. The van der Waals surface area contributed by atoms with Crippen LogP contribution >= 0.6 is 0 Å². The fourth-order valence-electron chi connectivity index (χ4n) is 2.86. The van der Waals surface area contributed by atoms with Crippen LogP contribution < -0.4 is 5.32 Å².